The zero-order chi connectivity index (χ0) is 14.4. The Balaban J connectivity index is 1.69. The number of amides is 1. The Bertz CT molecular complexity index is 399. The first-order valence-electron chi connectivity index (χ1n) is 7.43. The van der Waals surface area contributed by atoms with E-state index in [9.17, 15) is 4.79 Å². The molecular weight excluding hydrogens is 270 g/mol. The van der Waals surface area contributed by atoms with E-state index in [1.54, 1.807) is 11.3 Å². The van der Waals surface area contributed by atoms with Gasteiger partial charge in [-0.25, -0.2) is 0 Å². The maximum absolute atomic E-state index is 12.1. The molecule has 112 valence electrons. The van der Waals surface area contributed by atoms with Crippen molar-refractivity contribution >= 4 is 17.2 Å². The van der Waals surface area contributed by atoms with Crippen molar-refractivity contribution in [1.82, 2.24) is 15.1 Å². The third-order valence-electron chi connectivity index (χ3n) is 3.93. The summed E-state index contributed by atoms with van der Waals surface area (Å²) in [4.78, 5) is 16.5. The van der Waals surface area contributed by atoms with Gasteiger partial charge in [-0.3, -0.25) is 9.69 Å². The van der Waals surface area contributed by atoms with E-state index in [0.717, 1.165) is 39.1 Å². The summed E-state index contributed by atoms with van der Waals surface area (Å²) in [5.74, 6) is 0.237. The predicted octanol–water partition coefficient (Wildman–Crippen LogP) is 1.78. The van der Waals surface area contributed by atoms with Crippen LogP contribution in [0.15, 0.2) is 16.8 Å². The van der Waals surface area contributed by atoms with Gasteiger partial charge in [0.25, 0.3) is 0 Å². The fraction of sp³-hybridized carbons (Fsp3) is 0.667. The fourth-order valence-electron chi connectivity index (χ4n) is 2.31. The highest BCUT2D eigenvalue weighted by Gasteiger charge is 2.21. The van der Waals surface area contributed by atoms with Crippen molar-refractivity contribution in [3.05, 3.63) is 22.4 Å². The van der Waals surface area contributed by atoms with Crippen molar-refractivity contribution in [2.24, 2.45) is 0 Å². The van der Waals surface area contributed by atoms with Crippen molar-refractivity contribution in [3.8, 4) is 0 Å². The van der Waals surface area contributed by atoms with Crippen LogP contribution in [0.2, 0.25) is 0 Å². The number of hydrogen-bond donors (Lipinski definition) is 1. The number of carbonyl (C=O) groups is 1. The molecule has 0 saturated carbocycles. The van der Waals surface area contributed by atoms with Crippen molar-refractivity contribution in [1.29, 1.82) is 0 Å². The lowest BCUT2D eigenvalue weighted by Gasteiger charge is -2.34. The average molecular weight is 295 g/mol. The molecule has 1 aromatic heterocycles. The number of thiophene rings is 1. The molecule has 2 heterocycles. The molecule has 1 N–H and O–H groups in total. The van der Waals surface area contributed by atoms with E-state index in [1.165, 1.54) is 5.56 Å². The number of piperazine rings is 1. The Labute approximate surface area is 125 Å². The Morgan fingerprint density at radius 2 is 2.15 bits per heavy atom. The minimum absolute atomic E-state index is 0.237. The second kappa shape index (κ2) is 7.76. The summed E-state index contributed by atoms with van der Waals surface area (Å²) in [5.41, 5.74) is 1.38. The van der Waals surface area contributed by atoms with Gasteiger partial charge in [0.05, 0.1) is 6.54 Å². The minimum atomic E-state index is 0.237. The molecule has 5 heteroatoms. The highest BCUT2D eigenvalue weighted by molar-refractivity contribution is 7.07. The molecule has 1 atom stereocenters. The summed E-state index contributed by atoms with van der Waals surface area (Å²) in [6.07, 6.45) is 1.06. The number of hydrogen-bond acceptors (Lipinski definition) is 4. The largest absolute Gasteiger partial charge is 0.339 e. The van der Waals surface area contributed by atoms with Crippen LogP contribution in [0, 0.1) is 0 Å². The molecule has 1 aliphatic rings. The number of nitrogens with zero attached hydrogens (tertiary/aromatic N) is 2. The summed E-state index contributed by atoms with van der Waals surface area (Å²) in [7, 11) is 0. The first-order valence-corrected chi connectivity index (χ1v) is 8.38. The molecule has 0 aliphatic carbocycles. The molecular formula is C15H25N3OS. The van der Waals surface area contributed by atoms with E-state index >= 15 is 0 Å². The van der Waals surface area contributed by atoms with Crippen LogP contribution in [0.5, 0.6) is 0 Å². The van der Waals surface area contributed by atoms with E-state index in [0.29, 0.717) is 12.6 Å². The van der Waals surface area contributed by atoms with E-state index in [2.05, 4.69) is 40.9 Å². The van der Waals surface area contributed by atoms with Gasteiger partial charge in [-0.2, -0.15) is 11.3 Å². The average Bonchev–Trinajstić information content (AvgIpc) is 2.98. The quantitative estimate of drug-likeness (QED) is 0.869. The fourth-order valence-corrected chi connectivity index (χ4v) is 2.97. The van der Waals surface area contributed by atoms with Crippen molar-refractivity contribution in [3.63, 3.8) is 0 Å². The summed E-state index contributed by atoms with van der Waals surface area (Å²) in [5, 5.41) is 7.60. The molecule has 2 rings (SSSR count). The van der Waals surface area contributed by atoms with Crippen molar-refractivity contribution < 1.29 is 4.79 Å². The number of nitrogens with one attached hydrogen (secondary N) is 1. The van der Waals surface area contributed by atoms with Gasteiger partial charge in [0, 0.05) is 38.8 Å². The maximum Gasteiger partial charge on any atom is 0.236 e. The highest BCUT2D eigenvalue weighted by atomic mass is 32.1. The summed E-state index contributed by atoms with van der Waals surface area (Å²) in [6, 6.07) is 2.59. The first kappa shape index (κ1) is 15.5. The van der Waals surface area contributed by atoms with Crippen molar-refractivity contribution in [2.45, 2.75) is 32.9 Å². The van der Waals surface area contributed by atoms with Gasteiger partial charge in [-0.1, -0.05) is 6.92 Å². The molecule has 1 amide bonds. The summed E-state index contributed by atoms with van der Waals surface area (Å²) >= 11 is 1.75. The van der Waals surface area contributed by atoms with Crippen LogP contribution >= 0.6 is 11.3 Å². The van der Waals surface area contributed by atoms with Gasteiger partial charge in [-0.15, -0.1) is 0 Å². The Morgan fingerprint density at radius 1 is 1.40 bits per heavy atom. The van der Waals surface area contributed by atoms with Crippen molar-refractivity contribution in [2.75, 3.05) is 32.7 Å². The van der Waals surface area contributed by atoms with Gasteiger partial charge < -0.3 is 10.2 Å². The lowest BCUT2D eigenvalue weighted by Crippen LogP contribution is -2.51. The van der Waals surface area contributed by atoms with Gasteiger partial charge in [0.15, 0.2) is 0 Å². The topological polar surface area (TPSA) is 35.6 Å². The van der Waals surface area contributed by atoms with Crippen LogP contribution in [0.25, 0.3) is 0 Å². The lowest BCUT2D eigenvalue weighted by molar-refractivity contribution is -0.132. The van der Waals surface area contributed by atoms with Gasteiger partial charge in [-0.05, 0) is 35.7 Å². The number of carbonyl (C=O) groups excluding carboxylic acids is 1. The zero-order valence-electron chi connectivity index (χ0n) is 12.5. The molecule has 1 saturated heterocycles. The Kier molecular flexibility index (Phi) is 6.01. The monoisotopic (exact) mass is 295 g/mol. The standard InChI is InChI=1S/C15H25N3OS/c1-3-13(2)16-10-15(19)18-7-5-17(6-8-18)11-14-4-9-20-12-14/h4,9,12-13,16H,3,5-8,10-11H2,1-2H3. The lowest BCUT2D eigenvalue weighted by atomic mass is 10.2. The van der Waals surface area contributed by atoms with Crippen LogP contribution in [0.4, 0.5) is 0 Å². The molecule has 4 nitrogen and oxygen atoms in total. The summed E-state index contributed by atoms with van der Waals surface area (Å²) in [6.45, 7) is 9.39. The Morgan fingerprint density at radius 3 is 2.75 bits per heavy atom. The zero-order valence-corrected chi connectivity index (χ0v) is 13.3. The van der Waals surface area contributed by atoms with E-state index in [-0.39, 0.29) is 5.91 Å². The smallest absolute Gasteiger partial charge is 0.236 e. The van der Waals surface area contributed by atoms with Crippen LogP contribution in [0.3, 0.4) is 0 Å². The third-order valence-corrected chi connectivity index (χ3v) is 4.66. The Hall–Kier alpha value is -0.910. The normalized spacial score (nSPS) is 18.2. The minimum Gasteiger partial charge on any atom is -0.339 e. The van der Waals surface area contributed by atoms with Gasteiger partial charge in [0.2, 0.25) is 5.91 Å². The third kappa shape index (κ3) is 4.58. The second-order valence-corrected chi connectivity index (χ2v) is 6.26. The van der Waals surface area contributed by atoms with E-state index < -0.39 is 0 Å². The van der Waals surface area contributed by atoms with Crippen LogP contribution in [0.1, 0.15) is 25.8 Å². The van der Waals surface area contributed by atoms with E-state index in [4.69, 9.17) is 0 Å². The van der Waals surface area contributed by atoms with Crippen LogP contribution in [-0.4, -0.2) is 54.5 Å². The molecule has 0 bridgehead atoms. The second-order valence-electron chi connectivity index (χ2n) is 5.48. The van der Waals surface area contributed by atoms with E-state index in [1.807, 2.05) is 4.90 Å². The molecule has 0 radical (unpaired) electrons. The van der Waals surface area contributed by atoms with Gasteiger partial charge in [0.1, 0.15) is 0 Å². The molecule has 0 aromatic carbocycles. The molecule has 1 aliphatic heterocycles. The van der Waals surface area contributed by atoms with Crippen LogP contribution in [-0.2, 0) is 11.3 Å². The molecule has 1 unspecified atom stereocenters. The molecule has 1 fully saturated rings. The highest BCUT2D eigenvalue weighted by Crippen LogP contribution is 2.11. The number of rotatable bonds is 6. The maximum atomic E-state index is 12.1. The van der Waals surface area contributed by atoms with Gasteiger partial charge >= 0.3 is 0 Å². The summed E-state index contributed by atoms with van der Waals surface area (Å²) < 4.78 is 0. The predicted molar refractivity (Wildman–Crippen MR) is 83.9 cm³/mol. The molecule has 0 spiro atoms. The SMILES string of the molecule is CCC(C)NCC(=O)N1CCN(Cc2ccsc2)CC1. The first-order chi connectivity index (χ1) is 9.69. The van der Waals surface area contributed by atoms with Crippen LogP contribution < -0.4 is 5.32 Å². The molecule has 1 aromatic rings. The molecule has 20 heavy (non-hydrogen) atoms.